The van der Waals surface area contributed by atoms with Crippen LogP contribution in [0.15, 0.2) is 66.7 Å². The van der Waals surface area contributed by atoms with E-state index in [1.54, 1.807) is 6.92 Å². The highest BCUT2D eigenvalue weighted by molar-refractivity contribution is 6.15. The van der Waals surface area contributed by atoms with Crippen molar-refractivity contribution >= 4 is 34.3 Å². The molecule has 3 aromatic carbocycles. The molecular formula is C25H25N3O3. The molecule has 0 radical (unpaired) electrons. The van der Waals surface area contributed by atoms with Crippen LogP contribution in [-0.2, 0) is 9.59 Å². The van der Waals surface area contributed by atoms with E-state index in [1.807, 2.05) is 80.6 Å². The first-order valence-electron chi connectivity index (χ1n) is 10.3. The van der Waals surface area contributed by atoms with Crippen molar-refractivity contribution in [2.24, 2.45) is 0 Å². The van der Waals surface area contributed by atoms with E-state index in [1.165, 1.54) is 4.90 Å². The maximum Gasteiger partial charge on any atom is 0.332 e. The second kappa shape index (κ2) is 8.22. The fourth-order valence-corrected chi connectivity index (χ4v) is 4.05. The zero-order chi connectivity index (χ0) is 22.1. The van der Waals surface area contributed by atoms with Gasteiger partial charge in [0.15, 0.2) is 0 Å². The van der Waals surface area contributed by atoms with Crippen LogP contribution < -0.4 is 10.2 Å². The number of imide groups is 1. The van der Waals surface area contributed by atoms with Gasteiger partial charge in [0.1, 0.15) is 12.6 Å². The molecule has 0 spiro atoms. The molecule has 4 amide bonds. The highest BCUT2D eigenvalue weighted by Crippen LogP contribution is 2.27. The molecule has 0 aliphatic carbocycles. The van der Waals surface area contributed by atoms with Crippen molar-refractivity contribution in [3.63, 3.8) is 0 Å². The standard InChI is InChI=1S/C25H25N3O3/c1-16-11-13-20(14-12-16)28-18(3)24(30)27(25(28)31)15-23(29)26-17(2)21-10-6-8-19-7-4-5-9-22(19)21/h4-14,17-18H,15H2,1-3H3,(H,26,29)/t17-,18+/m0/s1. The van der Waals surface area contributed by atoms with Gasteiger partial charge in [0.05, 0.1) is 6.04 Å². The summed E-state index contributed by atoms with van der Waals surface area (Å²) in [6, 6.07) is 19.9. The molecule has 6 nitrogen and oxygen atoms in total. The zero-order valence-electron chi connectivity index (χ0n) is 17.8. The molecule has 1 fully saturated rings. The van der Waals surface area contributed by atoms with Crippen molar-refractivity contribution < 1.29 is 14.4 Å². The summed E-state index contributed by atoms with van der Waals surface area (Å²) in [6.45, 7) is 5.22. The van der Waals surface area contributed by atoms with Gasteiger partial charge in [-0.05, 0) is 49.2 Å². The molecular weight excluding hydrogens is 390 g/mol. The number of rotatable bonds is 5. The Morgan fingerprint density at radius 1 is 1.00 bits per heavy atom. The van der Waals surface area contributed by atoms with Crippen molar-refractivity contribution in [2.45, 2.75) is 32.9 Å². The van der Waals surface area contributed by atoms with E-state index in [-0.39, 0.29) is 24.4 Å². The smallest absolute Gasteiger partial charge is 0.332 e. The number of hydrogen-bond acceptors (Lipinski definition) is 3. The summed E-state index contributed by atoms with van der Waals surface area (Å²) in [5.74, 6) is -0.751. The molecule has 4 rings (SSSR count). The average Bonchev–Trinajstić information content (AvgIpc) is 2.97. The molecule has 0 saturated carbocycles. The van der Waals surface area contributed by atoms with Crippen molar-refractivity contribution in [3.8, 4) is 0 Å². The summed E-state index contributed by atoms with van der Waals surface area (Å²) in [6.07, 6.45) is 0. The number of urea groups is 1. The van der Waals surface area contributed by atoms with Gasteiger partial charge >= 0.3 is 6.03 Å². The van der Waals surface area contributed by atoms with Gasteiger partial charge in [0.25, 0.3) is 5.91 Å². The molecule has 1 N–H and O–H groups in total. The molecule has 1 aliphatic heterocycles. The van der Waals surface area contributed by atoms with Gasteiger partial charge in [-0.15, -0.1) is 0 Å². The van der Waals surface area contributed by atoms with E-state index in [2.05, 4.69) is 5.32 Å². The average molecular weight is 415 g/mol. The second-order valence-electron chi connectivity index (χ2n) is 7.95. The fourth-order valence-electron chi connectivity index (χ4n) is 4.05. The largest absolute Gasteiger partial charge is 0.348 e. The highest BCUT2D eigenvalue weighted by atomic mass is 16.2. The number of fused-ring (bicyclic) bond motifs is 1. The van der Waals surface area contributed by atoms with Crippen molar-refractivity contribution in [2.75, 3.05) is 11.4 Å². The van der Waals surface area contributed by atoms with Crippen LogP contribution in [0, 0.1) is 6.92 Å². The summed E-state index contributed by atoms with van der Waals surface area (Å²) < 4.78 is 0. The quantitative estimate of drug-likeness (QED) is 0.636. The Kier molecular flexibility index (Phi) is 5.46. The number of hydrogen-bond donors (Lipinski definition) is 1. The molecule has 1 saturated heterocycles. The summed E-state index contributed by atoms with van der Waals surface area (Å²) in [5, 5.41) is 5.08. The molecule has 2 atom stereocenters. The van der Waals surface area contributed by atoms with Crippen LogP contribution in [0.2, 0.25) is 0 Å². The minimum atomic E-state index is -0.654. The van der Waals surface area contributed by atoms with Crippen LogP contribution in [0.1, 0.15) is 31.0 Å². The minimum absolute atomic E-state index is 0.267. The molecule has 6 heteroatoms. The van der Waals surface area contributed by atoms with E-state index in [9.17, 15) is 14.4 Å². The number of anilines is 1. The van der Waals surface area contributed by atoms with Gasteiger partial charge in [-0.25, -0.2) is 4.79 Å². The maximum absolute atomic E-state index is 12.9. The highest BCUT2D eigenvalue weighted by Gasteiger charge is 2.44. The van der Waals surface area contributed by atoms with Crippen LogP contribution in [0.5, 0.6) is 0 Å². The maximum atomic E-state index is 12.9. The summed E-state index contributed by atoms with van der Waals surface area (Å²) in [4.78, 5) is 40.8. The van der Waals surface area contributed by atoms with Crippen LogP contribution in [0.25, 0.3) is 10.8 Å². The normalized spacial score (nSPS) is 17.3. The molecule has 3 aromatic rings. The van der Waals surface area contributed by atoms with Crippen LogP contribution >= 0.6 is 0 Å². The van der Waals surface area contributed by atoms with E-state index in [4.69, 9.17) is 0 Å². The third-order valence-corrected chi connectivity index (χ3v) is 5.73. The Hall–Kier alpha value is -3.67. The first kappa shape index (κ1) is 20.6. The number of aryl methyl sites for hydroxylation is 1. The lowest BCUT2D eigenvalue weighted by Crippen LogP contribution is -2.42. The lowest BCUT2D eigenvalue weighted by molar-refractivity contribution is -0.132. The van der Waals surface area contributed by atoms with Crippen LogP contribution in [0.4, 0.5) is 10.5 Å². The molecule has 31 heavy (non-hydrogen) atoms. The SMILES string of the molecule is Cc1ccc(N2C(=O)N(CC(=O)N[C@@H](C)c3cccc4ccccc34)C(=O)[C@H]2C)cc1. The Balaban J connectivity index is 1.48. The minimum Gasteiger partial charge on any atom is -0.348 e. The third kappa shape index (κ3) is 3.89. The summed E-state index contributed by atoms with van der Waals surface area (Å²) in [5.41, 5.74) is 2.69. The lowest BCUT2D eigenvalue weighted by atomic mass is 10.00. The van der Waals surface area contributed by atoms with Gasteiger partial charge in [0.2, 0.25) is 5.91 Å². The molecule has 0 aromatic heterocycles. The number of nitrogens with one attached hydrogen (secondary N) is 1. The number of carbonyl (C=O) groups excluding carboxylic acids is 3. The lowest BCUT2D eigenvalue weighted by Gasteiger charge is -2.20. The number of nitrogens with zero attached hydrogens (tertiary/aromatic N) is 2. The first-order chi connectivity index (χ1) is 14.9. The van der Waals surface area contributed by atoms with Gasteiger partial charge < -0.3 is 5.32 Å². The van der Waals surface area contributed by atoms with Gasteiger partial charge in [-0.1, -0.05) is 60.2 Å². The Labute approximate surface area is 181 Å². The monoisotopic (exact) mass is 415 g/mol. The van der Waals surface area contributed by atoms with Crippen molar-refractivity contribution in [3.05, 3.63) is 77.9 Å². The Morgan fingerprint density at radius 2 is 1.68 bits per heavy atom. The summed E-state index contributed by atoms with van der Waals surface area (Å²) in [7, 11) is 0. The summed E-state index contributed by atoms with van der Waals surface area (Å²) >= 11 is 0. The van der Waals surface area contributed by atoms with Crippen molar-refractivity contribution in [1.29, 1.82) is 0 Å². The molecule has 0 bridgehead atoms. The Bertz CT molecular complexity index is 1150. The van der Waals surface area contributed by atoms with Crippen LogP contribution in [0.3, 0.4) is 0 Å². The molecule has 1 aliphatic rings. The molecule has 0 unspecified atom stereocenters. The van der Waals surface area contributed by atoms with Gasteiger partial charge in [-0.2, -0.15) is 0 Å². The second-order valence-corrected chi connectivity index (χ2v) is 7.95. The number of amides is 4. The Morgan fingerprint density at radius 3 is 2.42 bits per heavy atom. The number of carbonyl (C=O) groups is 3. The van der Waals surface area contributed by atoms with Crippen molar-refractivity contribution in [1.82, 2.24) is 10.2 Å². The predicted octanol–water partition coefficient (Wildman–Crippen LogP) is 4.18. The van der Waals surface area contributed by atoms with E-state index in [0.717, 1.165) is 26.8 Å². The van der Waals surface area contributed by atoms with E-state index in [0.29, 0.717) is 5.69 Å². The molecule has 158 valence electrons. The van der Waals surface area contributed by atoms with Gasteiger partial charge in [0, 0.05) is 5.69 Å². The zero-order valence-corrected chi connectivity index (χ0v) is 17.8. The topological polar surface area (TPSA) is 69.7 Å². The first-order valence-corrected chi connectivity index (χ1v) is 10.3. The number of benzene rings is 3. The van der Waals surface area contributed by atoms with Gasteiger partial charge in [-0.3, -0.25) is 19.4 Å². The predicted molar refractivity (Wildman–Crippen MR) is 121 cm³/mol. The molecule has 1 heterocycles. The fraction of sp³-hybridized carbons (Fsp3) is 0.240. The third-order valence-electron chi connectivity index (χ3n) is 5.73. The van der Waals surface area contributed by atoms with Crippen LogP contribution in [-0.4, -0.2) is 35.3 Å². The van der Waals surface area contributed by atoms with E-state index >= 15 is 0 Å². The van der Waals surface area contributed by atoms with E-state index < -0.39 is 12.1 Å².